The van der Waals surface area contributed by atoms with Crippen LogP contribution in [0.2, 0.25) is 0 Å². The predicted octanol–water partition coefficient (Wildman–Crippen LogP) is 2.68. The maximum absolute atomic E-state index is 6.08. The third kappa shape index (κ3) is 1.51. The molecule has 90 valence electrons. The zero-order valence-corrected chi connectivity index (χ0v) is 10.3. The molecule has 2 heterocycles. The van der Waals surface area contributed by atoms with Gasteiger partial charge in [0.1, 0.15) is 5.52 Å². The molecule has 0 aliphatic heterocycles. The normalized spacial score (nSPS) is 24.6. The van der Waals surface area contributed by atoms with Gasteiger partial charge >= 0.3 is 0 Å². The molecule has 4 heteroatoms. The topological polar surface area (TPSA) is 56.7 Å². The Morgan fingerprint density at radius 2 is 2.24 bits per heavy atom. The second kappa shape index (κ2) is 3.72. The van der Waals surface area contributed by atoms with Crippen LogP contribution in [-0.2, 0) is 0 Å². The summed E-state index contributed by atoms with van der Waals surface area (Å²) in [6.45, 7) is 4.34. The Bertz CT molecular complexity index is 558. The minimum atomic E-state index is 0.467. The summed E-state index contributed by atoms with van der Waals surface area (Å²) >= 11 is 0. The molecular formula is C13H18N4. The van der Waals surface area contributed by atoms with Crippen molar-refractivity contribution in [2.24, 2.45) is 5.92 Å². The lowest BCUT2D eigenvalue weighted by Gasteiger charge is -2.18. The van der Waals surface area contributed by atoms with E-state index in [1.165, 1.54) is 19.3 Å². The summed E-state index contributed by atoms with van der Waals surface area (Å²) in [6.07, 6.45) is 5.58. The summed E-state index contributed by atoms with van der Waals surface area (Å²) in [7, 11) is 0. The van der Waals surface area contributed by atoms with Gasteiger partial charge in [-0.2, -0.15) is 0 Å². The van der Waals surface area contributed by atoms with Crippen LogP contribution < -0.4 is 5.73 Å². The van der Waals surface area contributed by atoms with E-state index in [0.717, 1.165) is 16.7 Å². The van der Waals surface area contributed by atoms with Gasteiger partial charge < -0.3 is 5.73 Å². The molecule has 0 amide bonds. The highest BCUT2D eigenvalue weighted by Gasteiger charge is 2.28. The van der Waals surface area contributed by atoms with Crippen molar-refractivity contribution in [3.05, 3.63) is 17.8 Å². The maximum Gasteiger partial charge on any atom is 0.202 e. The average Bonchev–Trinajstić information content (AvgIpc) is 2.83. The lowest BCUT2D eigenvalue weighted by atomic mass is 10.1. The van der Waals surface area contributed by atoms with Crippen LogP contribution in [0.15, 0.2) is 12.3 Å². The van der Waals surface area contributed by atoms with Gasteiger partial charge in [-0.1, -0.05) is 13.3 Å². The van der Waals surface area contributed by atoms with Gasteiger partial charge in [0.2, 0.25) is 5.95 Å². The lowest BCUT2D eigenvalue weighted by molar-refractivity contribution is 0.419. The van der Waals surface area contributed by atoms with Gasteiger partial charge in [-0.25, -0.2) is 9.97 Å². The largest absolute Gasteiger partial charge is 0.369 e. The minimum Gasteiger partial charge on any atom is -0.369 e. The van der Waals surface area contributed by atoms with E-state index < -0.39 is 0 Å². The van der Waals surface area contributed by atoms with E-state index in [0.29, 0.717) is 17.9 Å². The number of fused-ring (bicyclic) bond motifs is 1. The van der Waals surface area contributed by atoms with Gasteiger partial charge in [-0.05, 0) is 37.3 Å². The van der Waals surface area contributed by atoms with Crippen molar-refractivity contribution in [2.45, 2.75) is 39.2 Å². The quantitative estimate of drug-likeness (QED) is 0.819. The van der Waals surface area contributed by atoms with Gasteiger partial charge in [0.15, 0.2) is 5.65 Å². The second-order valence-electron chi connectivity index (χ2n) is 5.12. The van der Waals surface area contributed by atoms with Gasteiger partial charge in [-0.3, -0.25) is 4.57 Å². The van der Waals surface area contributed by atoms with Gasteiger partial charge in [0.25, 0.3) is 0 Å². The van der Waals surface area contributed by atoms with E-state index in [2.05, 4.69) is 28.4 Å². The zero-order chi connectivity index (χ0) is 12.0. The van der Waals surface area contributed by atoms with Crippen LogP contribution in [0.3, 0.4) is 0 Å². The molecule has 0 radical (unpaired) electrons. The number of nitrogens with two attached hydrogens (primary N) is 1. The fraction of sp³-hybridized carbons (Fsp3) is 0.538. The molecule has 3 rings (SSSR count). The Kier molecular flexibility index (Phi) is 2.31. The van der Waals surface area contributed by atoms with E-state index in [-0.39, 0.29) is 0 Å². The van der Waals surface area contributed by atoms with E-state index in [1.54, 1.807) is 0 Å². The first kappa shape index (κ1) is 10.6. The smallest absolute Gasteiger partial charge is 0.202 e. The number of hydrogen-bond acceptors (Lipinski definition) is 3. The maximum atomic E-state index is 6.08. The highest BCUT2D eigenvalue weighted by molar-refractivity contribution is 5.77. The van der Waals surface area contributed by atoms with Crippen molar-refractivity contribution in [3.8, 4) is 0 Å². The Morgan fingerprint density at radius 1 is 1.41 bits per heavy atom. The monoisotopic (exact) mass is 230 g/mol. The number of nitrogen functional groups attached to an aromatic ring is 1. The zero-order valence-electron chi connectivity index (χ0n) is 10.3. The first-order valence-corrected chi connectivity index (χ1v) is 6.27. The number of rotatable bonds is 1. The Balaban J connectivity index is 2.22. The lowest BCUT2D eigenvalue weighted by Crippen LogP contribution is -2.14. The highest BCUT2D eigenvalue weighted by atomic mass is 15.2. The summed E-state index contributed by atoms with van der Waals surface area (Å²) in [5.41, 5.74) is 9.11. The van der Waals surface area contributed by atoms with Crippen LogP contribution in [0.4, 0.5) is 5.95 Å². The number of anilines is 1. The number of imidazole rings is 1. The summed E-state index contributed by atoms with van der Waals surface area (Å²) in [5, 5.41) is 0. The number of pyridine rings is 1. The number of aromatic nitrogens is 3. The molecule has 1 fully saturated rings. The Labute approximate surface area is 101 Å². The molecule has 2 aromatic heterocycles. The van der Waals surface area contributed by atoms with Gasteiger partial charge in [0, 0.05) is 12.2 Å². The molecule has 4 nitrogen and oxygen atoms in total. The van der Waals surface area contributed by atoms with Gasteiger partial charge in [-0.15, -0.1) is 0 Å². The van der Waals surface area contributed by atoms with Crippen molar-refractivity contribution >= 4 is 17.1 Å². The summed E-state index contributed by atoms with van der Waals surface area (Å²) < 4.78 is 2.14. The van der Waals surface area contributed by atoms with Crippen molar-refractivity contribution in [3.63, 3.8) is 0 Å². The van der Waals surface area contributed by atoms with E-state index in [1.807, 2.05) is 12.3 Å². The average molecular weight is 230 g/mol. The number of aryl methyl sites for hydroxylation is 1. The Morgan fingerprint density at radius 3 is 2.94 bits per heavy atom. The van der Waals surface area contributed by atoms with Crippen molar-refractivity contribution in [2.75, 3.05) is 5.73 Å². The third-order valence-electron chi connectivity index (χ3n) is 3.96. The Hall–Kier alpha value is -1.58. The molecule has 0 spiro atoms. The van der Waals surface area contributed by atoms with Crippen LogP contribution in [0.1, 0.15) is 37.8 Å². The van der Waals surface area contributed by atoms with Crippen LogP contribution in [0.25, 0.3) is 11.2 Å². The first-order valence-electron chi connectivity index (χ1n) is 6.27. The number of hydrogen-bond donors (Lipinski definition) is 1. The summed E-state index contributed by atoms with van der Waals surface area (Å²) in [6, 6.07) is 2.45. The molecule has 0 bridgehead atoms. The fourth-order valence-corrected chi connectivity index (χ4v) is 2.96. The molecule has 1 aliphatic carbocycles. The predicted molar refractivity (Wildman–Crippen MR) is 68.7 cm³/mol. The van der Waals surface area contributed by atoms with Crippen LogP contribution in [0.5, 0.6) is 0 Å². The van der Waals surface area contributed by atoms with Gasteiger partial charge in [0.05, 0.1) is 0 Å². The van der Waals surface area contributed by atoms with Crippen molar-refractivity contribution in [1.29, 1.82) is 0 Å². The fourth-order valence-electron chi connectivity index (χ4n) is 2.96. The molecule has 1 aliphatic rings. The molecule has 2 unspecified atom stereocenters. The number of nitrogens with zero attached hydrogens (tertiary/aromatic N) is 3. The van der Waals surface area contributed by atoms with E-state index in [9.17, 15) is 0 Å². The minimum absolute atomic E-state index is 0.467. The van der Waals surface area contributed by atoms with Crippen molar-refractivity contribution < 1.29 is 0 Å². The SMILES string of the molecule is Cc1ccnc2c1nc(N)n2C1CCCC1C. The molecule has 2 aromatic rings. The summed E-state index contributed by atoms with van der Waals surface area (Å²) in [4.78, 5) is 8.93. The molecule has 1 saturated carbocycles. The summed E-state index contributed by atoms with van der Waals surface area (Å²) in [5.74, 6) is 1.28. The molecular weight excluding hydrogens is 212 g/mol. The highest BCUT2D eigenvalue weighted by Crippen LogP contribution is 2.38. The first-order chi connectivity index (χ1) is 8.18. The molecule has 2 atom stereocenters. The van der Waals surface area contributed by atoms with E-state index >= 15 is 0 Å². The molecule has 0 aromatic carbocycles. The molecule has 2 N–H and O–H groups in total. The van der Waals surface area contributed by atoms with Crippen LogP contribution in [-0.4, -0.2) is 14.5 Å². The standard InChI is InChI=1S/C13H18N4/c1-8-4-3-5-10(8)17-12-11(16-13(17)14)9(2)6-7-15-12/h6-8,10H,3-5H2,1-2H3,(H2,14,16). The molecule has 17 heavy (non-hydrogen) atoms. The van der Waals surface area contributed by atoms with E-state index in [4.69, 9.17) is 5.73 Å². The van der Waals surface area contributed by atoms with Crippen molar-refractivity contribution in [1.82, 2.24) is 14.5 Å². The van der Waals surface area contributed by atoms with Crippen LogP contribution in [0, 0.1) is 12.8 Å². The molecule has 0 saturated heterocycles. The second-order valence-corrected chi connectivity index (χ2v) is 5.12. The third-order valence-corrected chi connectivity index (χ3v) is 3.96. The van der Waals surface area contributed by atoms with Crippen LogP contribution >= 0.6 is 0 Å².